The fourth-order valence-corrected chi connectivity index (χ4v) is 3.32. The van der Waals surface area contributed by atoms with Crippen LogP contribution in [0.5, 0.6) is 5.75 Å². The molecule has 0 atom stereocenters. The van der Waals surface area contributed by atoms with E-state index in [1.165, 1.54) is 18.2 Å². The van der Waals surface area contributed by atoms with Crippen molar-refractivity contribution in [2.75, 3.05) is 17.1 Å². The van der Waals surface area contributed by atoms with Crippen LogP contribution in [0.2, 0.25) is 0 Å². The van der Waals surface area contributed by atoms with Gasteiger partial charge in [-0.15, -0.1) is 10.2 Å². The highest BCUT2D eigenvalue weighted by atomic mass is 32.2. The third kappa shape index (κ3) is 4.70. The van der Waals surface area contributed by atoms with E-state index in [9.17, 15) is 12.8 Å². The Morgan fingerprint density at radius 3 is 2.30 bits per heavy atom. The van der Waals surface area contributed by atoms with Crippen LogP contribution >= 0.6 is 0 Å². The summed E-state index contributed by atoms with van der Waals surface area (Å²) in [5, 5.41) is 10.9. The highest BCUT2D eigenvalue weighted by Crippen LogP contribution is 2.19. The second-order valence-corrected chi connectivity index (χ2v) is 7.21. The van der Waals surface area contributed by atoms with Crippen molar-refractivity contribution in [2.24, 2.45) is 0 Å². The Morgan fingerprint density at radius 1 is 0.963 bits per heavy atom. The molecule has 2 aromatic carbocycles. The number of nitrogens with zero attached hydrogens (tertiary/aromatic N) is 2. The molecule has 9 heteroatoms. The SMILES string of the molecule is COc1ccccc1CNc1ccc(NS(=O)(=O)c2ccc(F)cc2)nn1. The Labute approximate surface area is 156 Å². The number of hydrogen-bond donors (Lipinski definition) is 2. The molecule has 140 valence electrons. The van der Waals surface area contributed by atoms with Crippen LogP contribution in [0.4, 0.5) is 16.0 Å². The summed E-state index contributed by atoms with van der Waals surface area (Å²) in [5.41, 5.74) is 0.947. The van der Waals surface area contributed by atoms with Gasteiger partial charge in [0.05, 0.1) is 12.0 Å². The third-order valence-electron chi connectivity index (χ3n) is 3.68. The predicted octanol–water partition coefficient (Wildman–Crippen LogP) is 3.04. The summed E-state index contributed by atoms with van der Waals surface area (Å²) >= 11 is 0. The minimum Gasteiger partial charge on any atom is -0.496 e. The quantitative estimate of drug-likeness (QED) is 0.646. The van der Waals surface area contributed by atoms with Crippen molar-refractivity contribution in [1.29, 1.82) is 0 Å². The van der Waals surface area contributed by atoms with E-state index in [2.05, 4.69) is 20.2 Å². The molecular weight excluding hydrogens is 371 g/mol. The summed E-state index contributed by atoms with van der Waals surface area (Å²) in [6.45, 7) is 0.472. The Kier molecular flexibility index (Phi) is 5.51. The first kappa shape index (κ1) is 18.6. The molecule has 2 N–H and O–H groups in total. The van der Waals surface area contributed by atoms with Gasteiger partial charge in [0.1, 0.15) is 17.4 Å². The van der Waals surface area contributed by atoms with Gasteiger partial charge in [0.25, 0.3) is 10.0 Å². The molecule has 0 aliphatic carbocycles. The van der Waals surface area contributed by atoms with Gasteiger partial charge in [-0.3, -0.25) is 4.72 Å². The zero-order valence-electron chi connectivity index (χ0n) is 14.4. The molecular formula is C18H17FN4O3S. The van der Waals surface area contributed by atoms with E-state index in [0.717, 1.165) is 23.4 Å². The standard InChI is InChI=1S/C18H17FN4O3S/c1-26-16-5-3-2-4-13(16)12-20-17-10-11-18(22-21-17)23-27(24,25)15-8-6-14(19)7-9-15/h2-11H,12H2,1H3,(H,20,21)(H,22,23). The number of aromatic nitrogens is 2. The van der Waals surface area contributed by atoms with Crippen LogP contribution < -0.4 is 14.8 Å². The zero-order chi connectivity index (χ0) is 19.3. The Morgan fingerprint density at radius 2 is 1.63 bits per heavy atom. The summed E-state index contributed by atoms with van der Waals surface area (Å²) in [6, 6.07) is 15.1. The largest absolute Gasteiger partial charge is 0.496 e. The van der Waals surface area contributed by atoms with E-state index in [0.29, 0.717) is 12.4 Å². The van der Waals surface area contributed by atoms with Crippen molar-refractivity contribution < 1.29 is 17.5 Å². The molecule has 7 nitrogen and oxygen atoms in total. The van der Waals surface area contributed by atoms with Gasteiger partial charge < -0.3 is 10.1 Å². The summed E-state index contributed by atoms with van der Waals surface area (Å²) in [6.07, 6.45) is 0. The van der Waals surface area contributed by atoms with Crippen molar-refractivity contribution in [3.8, 4) is 5.75 Å². The molecule has 1 heterocycles. The van der Waals surface area contributed by atoms with Crippen molar-refractivity contribution in [3.63, 3.8) is 0 Å². The van der Waals surface area contributed by atoms with Gasteiger partial charge in [-0.25, -0.2) is 12.8 Å². The maximum absolute atomic E-state index is 12.9. The second kappa shape index (κ2) is 8.00. The summed E-state index contributed by atoms with van der Waals surface area (Å²) in [4.78, 5) is -0.0657. The fourth-order valence-electron chi connectivity index (χ4n) is 2.33. The van der Waals surface area contributed by atoms with E-state index < -0.39 is 15.8 Å². The van der Waals surface area contributed by atoms with E-state index in [4.69, 9.17) is 4.74 Å². The number of benzene rings is 2. The second-order valence-electron chi connectivity index (χ2n) is 5.53. The fraction of sp³-hybridized carbons (Fsp3) is 0.111. The third-order valence-corrected chi connectivity index (χ3v) is 5.05. The van der Waals surface area contributed by atoms with Crippen LogP contribution in [-0.2, 0) is 16.6 Å². The van der Waals surface area contributed by atoms with E-state index in [1.54, 1.807) is 13.2 Å². The minimum absolute atomic E-state index is 0.0576. The molecule has 0 aliphatic heterocycles. The lowest BCUT2D eigenvalue weighted by Crippen LogP contribution is -2.14. The molecule has 0 radical (unpaired) electrons. The molecule has 27 heavy (non-hydrogen) atoms. The maximum Gasteiger partial charge on any atom is 0.263 e. The molecule has 0 bridgehead atoms. The first-order chi connectivity index (χ1) is 13.0. The summed E-state index contributed by atoms with van der Waals surface area (Å²) in [7, 11) is -2.27. The van der Waals surface area contributed by atoms with E-state index >= 15 is 0 Å². The average Bonchev–Trinajstić information content (AvgIpc) is 2.68. The van der Waals surface area contributed by atoms with Crippen molar-refractivity contribution in [2.45, 2.75) is 11.4 Å². The first-order valence-electron chi connectivity index (χ1n) is 7.96. The molecule has 0 amide bonds. The predicted molar refractivity (Wildman–Crippen MR) is 99.6 cm³/mol. The van der Waals surface area contributed by atoms with Crippen molar-refractivity contribution in [1.82, 2.24) is 10.2 Å². The molecule has 0 aliphatic rings. The molecule has 3 rings (SSSR count). The number of para-hydroxylation sites is 1. The number of ether oxygens (including phenoxy) is 1. The monoisotopic (exact) mass is 388 g/mol. The Balaban J connectivity index is 1.65. The number of hydrogen-bond acceptors (Lipinski definition) is 6. The van der Waals surface area contributed by atoms with E-state index in [-0.39, 0.29) is 10.7 Å². The highest BCUT2D eigenvalue weighted by molar-refractivity contribution is 7.92. The molecule has 0 spiro atoms. The number of anilines is 2. The lowest BCUT2D eigenvalue weighted by molar-refractivity contribution is 0.410. The summed E-state index contributed by atoms with van der Waals surface area (Å²) in [5.74, 6) is 0.772. The van der Waals surface area contributed by atoms with E-state index in [1.807, 2.05) is 24.3 Å². The first-order valence-corrected chi connectivity index (χ1v) is 9.44. The van der Waals surface area contributed by atoms with Gasteiger partial charge in [0, 0.05) is 12.1 Å². The number of rotatable bonds is 7. The Hall–Kier alpha value is -3.20. The van der Waals surface area contributed by atoms with Crippen LogP contribution in [0.1, 0.15) is 5.56 Å². The van der Waals surface area contributed by atoms with Gasteiger partial charge in [0.15, 0.2) is 5.82 Å². The zero-order valence-corrected chi connectivity index (χ0v) is 15.2. The average molecular weight is 388 g/mol. The van der Waals surface area contributed by atoms with Gasteiger partial charge in [-0.05, 0) is 42.5 Å². The van der Waals surface area contributed by atoms with Crippen LogP contribution in [0.25, 0.3) is 0 Å². The molecule has 0 fully saturated rings. The van der Waals surface area contributed by atoms with Gasteiger partial charge in [-0.1, -0.05) is 18.2 Å². The lowest BCUT2D eigenvalue weighted by Gasteiger charge is -2.10. The van der Waals surface area contributed by atoms with Crippen LogP contribution in [0, 0.1) is 5.82 Å². The maximum atomic E-state index is 12.9. The number of methoxy groups -OCH3 is 1. The van der Waals surface area contributed by atoms with Crippen LogP contribution in [0.15, 0.2) is 65.6 Å². The summed E-state index contributed by atoms with van der Waals surface area (Å²) < 4.78 is 45.0. The van der Waals surface area contributed by atoms with Crippen molar-refractivity contribution in [3.05, 3.63) is 72.0 Å². The smallest absolute Gasteiger partial charge is 0.263 e. The van der Waals surface area contributed by atoms with Crippen LogP contribution in [-0.4, -0.2) is 25.7 Å². The van der Waals surface area contributed by atoms with Gasteiger partial charge in [0.2, 0.25) is 0 Å². The molecule has 0 saturated heterocycles. The topological polar surface area (TPSA) is 93.2 Å². The Bertz CT molecular complexity index is 1010. The molecule has 3 aromatic rings. The van der Waals surface area contributed by atoms with Crippen LogP contribution in [0.3, 0.4) is 0 Å². The highest BCUT2D eigenvalue weighted by Gasteiger charge is 2.15. The number of nitrogens with one attached hydrogen (secondary N) is 2. The number of halogens is 1. The lowest BCUT2D eigenvalue weighted by atomic mass is 10.2. The number of sulfonamides is 1. The normalized spacial score (nSPS) is 11.0. The van der Waals surface area contributed by atoms with Crippen molar-refractivity contribution >= 4 is 21.7 Å². The molecule has 1 aromatic heterocycles. The molecule has 0 unspecified atom stereocenters. The van der Waals surface area contributed by atoms with Gasteiger partial charge in [-0.2, -0.15) is 0 Å². The molecule has 0 saturated carbocycles. The van der Waals surface area contributed by atoms with Gasteiger partial charge >= 0.3 is 0 Å². The minimum atomic E-state index is -3.86.